The molecule has 22 heavy (non-hydrogen) atoms. The molecule has 4 nitrogen and oxygen atoms in total. The van der Waals surface area contributed by atoms with Crippen molar-refractivity contribution in [1.29, 1.82) is 0 Å². The number of nitrogens with zero attached hydrogens (tertiary/aromatic N) is 2. The molecule has 0 fully saturated rings. The summed E-state index contributed by atoms with van der Waals surface area (Å²) in [6.45, 7) is 2.12. The second-order valence-electron chi connectivity index (χ2n) is 4.39. The molecule has 0 radical (unpaired) electrons. The maximum atomic E-state index is 11.9. The Bertz CT molecular complexity index is 604. The van der Waals surface area contributed by atoms with Crippen molar-refractivity contribution in [3.8, 4) is 0 Å². The molecule has 0 unspecified atom stereocenters. The van der Waals surface area contributed by atoms with Gasteiger partial charge in [0.05, 0.1) is 5.75 Å². The van der Waals surface area contributed by atoms with Gasteiger partial charge in [-0.1, -0.05) is 58.1 Å². The topological polar surface area (TPSA) is 54.9 Å². The highest BCUT2D eigenvalue weighted by Crippen LogP contribution is 2.26. The summed E-state index contributed by atoms with van der Waals surface area (Å²) in [5.74, 6) is 2.21. The number of hydrogen-bond donors (Lipinski definition) is 1. The van der Waals surface area contributed by atoms with Crippen LogP contribution in [0.2, 0.25) is 0 Å². The summed E-state index contributed by atoms with van der Waals surface area (Å²) in [5.41, 5.74) is 1.20. The Kier molecular flexibility index (Phi) is 7.71. The van der Waals surface area contributed by atoms with Gasteiger partial charge in [0.2, 0.25) is 11.0 Å². The molecule has 1 aromatic heterocycles. The summed E-state index contributed by atoms with van der Waals surface area (Å²) in [5, 5.41) is 11.4. The van der Waals surface area contributed by atoms with Crippen LogP contribution in [0.25, 0.3) is 0 Å². The van der Waals surface area contributed by atoms with Crippen molar-refractivity contribution in [2.24, 2.45) is 0 Å². The van der Waals surface area contributed by atoms with Crippen LogP contribution in [0.4, 0.5) is 5.13 Å². The Morgan fingerprint density at radius 2 is 2.09 bits per heavy atom. The molecule has 2 rings (SSSR count). The predicted octanol–water partition coefficient (Wildman–Crippen LogP) is 4.67. The quantitative estimate of drug-likeness (QED) is 0.499. The number of hydrogen-bond acceptors (Lipinski definition) is 6. The number of anilines is 1. The molecular formula is C14H16BrN3OS3. The number of rotatable bonds is 8. The molecular weight excluding hydrogens is 402 g/mol. The zero-order chi connectivity index (χ0) is 15.8. The van der Waals surface area contributed by atoms with Gasteiger partial charge in [0.1, 0.15) is 0 Å². The fraction of sp³-hybridized carbons (Fsp3) is 0.357. The molecule has 118 valence electrons. The number of nitrogens with one attached hydrogen (secondary N) is 1. The molecule has 0 aliphatic heterocycles. The van der Waals surface area contributed by atoms with Crippen LogP contribution in [-0.2, 0) is 10.5 Å². The number of carbonyl (C=O) groups is 1. The van der Waals surface area contributed by atoms with E-state index in [1.807, 2.05) is 12.1 Å². The first kappa shape index (κ1) is 17.8. The van der Waals surface area contributed by atoms with Crippen LogP contribution in [-0.4, -0.2) is 27.6 Å². The third-order valence-corrected chi connectivity index (χ3v) is 6.21. The third-order valence-electron chi connectivity index (χ3n) is 2.50. The lowest BCUT2D eigenvalue weighted by molar-refractivity contribution is -0.113. The van der Waals surface area contributed by atoms with Gasteiger partial charge in [-0.05, 0) is 24.1 Å². The molecule has 1 N–H and O–H groups in total. The van der Waals surface area contributed by atoms with Gasteiger partial charge in [-0.25, -0.2) is 0 Å². The molecule has 0 atom stereocenters. The molecule has 2 aromatic rings. The molecule has 0 saturated carbocycles. The van der Waals surface area contributed by atoms with Crippen molar-refractivity contribution < 1.29 is 4.79 Å². The van der Waals surface area contributed by atoms with Gasteiger partial charge in [-0.3, -0.25) is 10.1 Å². The molecule has 0 aliphatic carbocycles. The normalized spacial score (nSPS) is 10.6. The Hall–Kier alpha value is -0.570. The number of carbonyl (C=O) groups excluding carboxylic acids is 1. The van der Waals surface area contributed by atoms with Crippen molar-refractivity contribution in [2.75, 3.05) is 16.8 Å². The van der Waals surface area contributed by atoms with Crippen LogP contribution >= 0.6 is 50.8 Å². The summed E-state index contributed by atoms with van der Waals surface area (Å²) >= 11 is 8.09. The fourth-order valence-corrected chi connectivity index (χ4v) is 4.25. The van der Waals surface area contributed by atoms with E-state index in [9.17, 15) is 4.79 Å². The van der Waals surface area contributed by atoms with Gasteiger partial charge in [-0.15, -0.1) is 22.0 Å². The van der Waals surface area contributed by atoms with Gasteiger partial charge >= 0.3 is 0 Å². The lowest BCUT2D eigenvalue weighted by Crippen LogP contribution is -2.13. The predicted molar refractivity (Wildman–Crippen MR) is 99.9 cm³/mol. The van der Waals surface area contributed by atoms with Gasteiger partial charge in [0.15, 0.2) is 4.34 Å². The smallest absolute Gasteiger partial charge is 0.236 e. The summed E-state index contributed by atoms with van der Waals surface area (Å²) in [7, 11) is 0. The standard InChI is InChI=1S/C14H16BrN3OS3/c1-2-7-21-14-18-17-13(22-14)16-12(19)9-20-8-10-3-5-11(15)6-4-10/h3-6H,2,7-9H2,1H3,(H,16,17,19). The Labute approximate surface area is 151 Å². The second kappa shape index (κ2) is 9.54. The Morgan fingerprint density at radius 1 is 1.32 bits per heavy atom. The third kappa shape index (κ3) is 6.28. The summed E-state index contributed by atoms with van der Waals surface area (Å²) in [6, 6.07) is 8.12. The molecule has 8 heteroatoms. The SMILES string of the molecule is CCCSc1nnc(NC(=O)CSCc2ccc(Br)cc2)s1. The average Bonchev–Trinajstić information content (AvgIpc) is 2.94. The van der Waals surface area contributed by atoms with Crippen LogP contribution in [0.5, 0.6) is 0 Å². The number of halogens is 1. The summed E-state index contributed by atoms with van der Waals surface area (Å²) < 4.78 is 1.96. The zero-order valence-corrected chi connectivity index (χ0v) is 16.1. The lowest BCUT2D eigenvalue weighted by atomic mass is 10.2. The van der Waals surface area contributed by atoms with Crippen molar-refractivity contribution in [1.82, 2.24) is 10.2 Å². The minimum absolute atomic E-state index is 0.0368. The van der Waals surface area contributed by atoms with E-state index in [0.717, 1.165) is 26.7 Å². The van der Waals surface area contributed by atoms with E-state index in [4.69, 9.17) is 0 Å². The first-order valence-electron chi connectivity index (χ1n) is 6.75. The number of thioether (sulfide) groups is 2. The van der Waals surface area contributed by atoms with Crippen LogP contribution in [0.15, 0.2) is 33.1 Å². The Morgan fingerprint density at radius 3 is 2.82 bits per heavy atom. The monoisotopic (exact) mass is 417 g/mol. The Balaban J connectivity index is 1.71. The second-order valence-corrected chi connectivity index (χ2v) is 8.61. The van der Waals surface area contributed by atoms with Gasteiger partial charge in [-0.2, -0.15) is 0 Å². The van der Waals surface area contributed by atoms with E-state index in [0.29, 0.717) is 10.9 Å². The van der Waals surface area contributed by atoms with Gasteiger partial charge < -0.3 is 0 Å². The highest BCUT2D eigenvalue weighted by Gasteiger charge is 2.08. The van der Waals surface area contributed by atoms with Crippen LogP contribution in [0.3, 0.4) is 0 Å². The number of aromatic nitrogens is 2. The molecule has 1 aromatic carbocycles. The van der Waals surface area contributed by atoms with E-state index in [1.54, 1.807) is 23.5 Å². The number of benzene rings is 1. The number of amides is 1. The minimum atomic E-state index is -0.0368. The molecule has 1 amide bonds. The lowest BCUT2D eigenvalue weighted by Gasteiger charge is -2.02. The summed E-state index contributed by atoms with van der Waals surface area (Å²) in [6.07, 6.45) is 1.10. The van der Waals surface area contributed by atoms with E-state index in [2.05, 4.69) is 50.5 Å². The van der Waals surface area contributed by atoms with Crippen LogP contribution < -0.4 is 5.32 Å². The van der Waals surface area contributed by atoms with Gasteiger partial charge in [0, 0.05) is 16.0 Å². The van der Waals surface area contributed by atoms with Crippen LogP contribution in [0.1, 0.15) is 18.9 Å². The average molecular weight is 418 g/mol. The van der Waals surface area contributed by atoms with E-state index < -0.39 is 0 Å². The zero-order valence-electron chi connectivity index (χ0n) is 12.0. The highest BCUT2D eigenvalue weighted by atomic mass is 79.9. The molecule has 0 aliphatic rings. The van der Waals surface area contributed by atoms with E-state index in [-0.39, 0.29) is 5.91 Å². The van der Waals surface area contributed by atoms with E-state index >= 15 is 0 Å². The molecule has 0 saturated heterocycles. The van der Waals surface area contributed by atoms with Crippen molar-refractivity contribution in [2.45, 2.75) is 23.4 Å². The summed E-state index contributed by atoms with van der Waals surface area (Å²) in [4.78, 5) is 11.9. The first-order chi connectivity index (χ1) is 10.7. The molecule has 0 bridgehead atoms. The molecule has 0 spiro atoms. The maximum absolute atomic E-state index is 11.9. The highest BCUT2D eigenvalue weighted by molar-refractivity contribution is 9.10. The first-order valence-corrected chi connectivity index (χ1v) is 10.5. The van der Waals surface area contributed by atoms with Crippen LogP contribution in [0, 0.1) is 0 Å². The maximum Gasteiger partial charge on any atom is 0.236 e. The van der Waals surface area contributed by atoms with Gasteiger partial charge in [0.25, 0.3) is 0 Å². The van der Waals surface area contributed by atoms with Crippen molar-refractivity contribution in [3.05, 3.63) is 34.3 Å². The fourth-order valence-electron chi connectivity index (χ4n) is 1.51. The van der Waals surface area contributed by atoms with Crippen molar-refractivity contribution in [3.63, 3.8) is 0 Å². The largest absolute Gasteiger partial charge is 0.300 e. The van der Waals surface area contributed by atoms with E-state index in [1.165, 1.54) is 16.9 Å². The minimum Gasteiger partial charge on any atom is -0.300 e. The molecule has 1 heterocycles. The van der Waals surface area contributed by atoms with Crippen molar-refractivity contribution >= 4 is 61.8 Å².